The summed E-state index contributed by atoms with van der Waals surface area (Å²) in [5.41, 5.74) is 4.84. The normalized spacial score (nSPS) is 10.2. The Hall–Kier alpha value is -4.72. The number of rotatable bonds is 6. The van der Waals surface area contributed by atoms with Gasteiger partial charge in [0, 0.05) is 23.8 Å². The number of benzene rings is 2. The molecule has 4 N–H and O–H groups in total. The van der Waals surface area contributed by atoms with E-state index in [1.54, 1.807) is 49.1 Å². The van der Waals surface area contributed by atoms with E-state index in [1.165, 1.54) is 0 Å². The number of nitrogens with zero attached hydrogens (tertiary/aromatic N) is 2. The number of hydrogen-bond donors (Lipinski definition) is 4. The number of pyridine rings is 2. The van der Waals surface area contributed by atoms with Crippen molar-refractivity contribution < 1.29 is 9.59 Å². The topological polar surface area (TPSA) is 108 Å². The molecule has 0 fully saturated rings. The van der Waals surface area contributed by atoms with Gasteiger partial charge in [0.15, 0.2) is 0 Å². The van der Waals surface area contributed by atoms with Crippen molar-refractivity contribution in [1.82, 2.24) is 9.97 Å². The number of carbonyl (C=O) groups excluding carboxylic acids is 2. The van der Waals surface area contributed by atoms with Crippen molar-refractivity contribution >= 4 is 34.8 Å². The van der Waals surface area contributed by atoms with Crippen LogP contribution in [0.4, 0.5) is 32.3 Å². The second-order valence-corrected chi connectivity index (χ2v) is 7.21. The number of nitrogens with one attached hydrogen (secondary N) is 4. The standard InChI is InChI=1S/C25H22N6O2/c32-24(30-22-3-1-13-26-16-22)28-20-9-5-18(6-10-20)15-19-7-11-21(12-8-19)29-25(33)31-23-4-2-14-27-17-23/h1-14,16-17H,15H2,(H2,28,30,32)(H2,29,31,33). The summed E-state index contributed by atoms with van der Waals surface area (Å²) in [4.78, 5) is 32.1. The number of amides is 4. The van der Waals surface area contributed by atoms with Crippen LogP contribution in [0, 0.1) is 0 Å². The number of anilines is 4. The summed E-state index contributed by atoms with van der Waals surface area (Å²) in [5, 5.41) is 11.0. The van der Waals surface area contributed by atoms with Gasteiger partial charge in [0.2, 0.25) is 0 Å². The number of carbonyl (C=O) groups is 2. The SMILES string of the molecule is O=C(Nc1ccc(Cc2ccc(NC(=O)Nc3cccnc3)cc2)cc1)Nc1cccnc1. The molecule has 8 nitrogen and oxygen atoms in total. The third-order valence-corrected chi connectivity index (χ3v) is 4.67. The summed E-state index contributed by atoms with van der Waals surface area (Å²) < 4.78 is 0. The van der Waals surface area contributed by atoms with Crippen LogP contribution >= 0.6 is 0 Å². The molecule has 0 bridgehead atoms. The van der Waals surface area contributed by atoms with Crippen molar-refractivity contribution in [2.24, 2.45) is 0 Å². The van der Waals surface area contributed by atoms with E-state index >= 15 is 0 Å². The summed E-state index contributed by atoms with van der Waals surface area (Å²) in [6, 6.07) is 21.7. The fourth-order valence-electron chi connectivity index (χ4n) is 3.11. The Balaban J connectivity index is 1.27. The van der Waals surface area contributed by atoms with Gasteiger partial charge < -0.3 is 21.3 Å². The number of aromatic nitrogens is 2. The van der Waals surface area contributed by atoms with E-state index in [9.17, 15) is 9.59 Å². The molecule has 0 aliphatic rings. The van der Waals surface area contributed by atoms with Crippen LogP contribution in [0.25, 0.3) is 0 Å². The zero-order valence-electron chi connectivity index (χ0n) is 17.7. The van der Waals surface area contributed by atoms with E-state index < -0.39 is 0 Å². The van der Waals surface area contributed by atoms with Crippen LogP contribution in [0.3, 0.4) is 0 Å². The lowest BCUT2D eigenvalue weighted by Crippen LogP contribution is -2.19. The minimum Gasteiger partial charge on any atom is -0.308 e. The molecule has 2 aromatic carbocycles. The third-order valence-electron chi connectivity index (χ3n) is 4.67. The molecule has 8 heteroatoms. The average Bonchev–Trinajstić information content (AvgIpc) is 2.83. The van der Waals surface area contributed by atoms with E-state index in [-0.39, 0.29) is 12.1 Å². The largest absolute Gasteiger partial charge is 0.323 e. The molecule has 4 amide bonds. The molecule has 164 valence electrons. The minimum atomic E-state index is -0.327. The summed E-state index contributed by atoms with van der Waals surface area (Å²) in [6.07, 6.45) is 7.18. The molecule has 2 aromatic heterocycles. The molecular weight excluding hydrogens is 416 g/mol. The Morgan fingerprint density at radius 1 is 0.545 bits per heavy atom. The molecule has 0 unspecified atom stereocenters. The van der Waals surface area contributed by atoms with Gasteiger partial charge in [0.1, 0.15) is 0 Å². The van der Waals surface area contributed by atoms with Gasteiger partial charge in [-0.25, -0.2) is 9.59 Å². The van der Waals surface area contributed by atoms with Crippen LogP contribution in [-0.4, -0.2) is 22.0 Å². The Bertz CT molecular complexity index is 1100. The Morgan fingerprint density at radius 3 is 1.30 bits per heavy atom. The first-order valence-corrected chi connectivity index (χ1v) is 10.3. The maximum atomic E-state index is 12.1. The van der Waals surface area contributed by atoms with Gasteiger partial charge in [0.05, 0.1) is 23.8 Å². The second-order valence-electron chi connectivity index (χ2n) is 7.21. The first-order chi connectivity index (χ1) is 16.1. The Morgan fingerprint density at radius 2 is 0.939 bits per heavy atom. The molecule has 2 heterocycles. The van der Waals surface area contributed by atoms with Gasteiger partial charge in [-0.05, 0) is 66.1 Å². The maximum Gasteiger partial charge on any atom is 0.323 e. The average molecular weight is 438 g/mol. The van der Waals surface area contributed by atoms with Gasteiger partial charge in [0.25, 0.3) is 0 Å². The van der Waals surface area contributed by atoms with Crippen molar-refractivity contribution in [1.29, 1.82) is 0 Å². The van der Waals surface area contributed by atoms with Gasteiger partial charge in [-0.15, -0.1) is 0 Å². The van der Waals surface area contributed by atoms with E-state index in [2.05, 4.69) is 31.2 Å². The van der Waals surface area contributed by atoms with Crippen molar-refractivity contribution in [3.8, 4) is 0 Å². The van der Waals surface area contributed by atoms with Crippen molar-refractivity contribution in [3.05, 3.63) is 109 Å². The van der Waals surface area contributed by atoms with E-state index in [4.69, 9.17) is 0 Å². The van der Waals surface area contributed by atoms with Crippen LogP contribution in [0.2, 0.25) is 0 Å². The van der Waals surface area contributed by atoms with E-state index in [0.717, 1.165) is 17.5 Å². The highest BCUT2D eigenvalue weighted by molar-refractivity contribution is 6.00. The number of urea groups is 2. The van der Waals surface area contributed by atoms with Crippen molar-refractivity contribution in [3.63, 3.8) is 0 Å². The molecule has 4 rings (SSSR count). The quantitative estimate of drug-likeness (QED) is 0.325. The molecule has 0 aliphatic carbocycles. The van der Waals surface area contributed by atoms with Crippen molar-refractivity contribution in [2.75, 3.05) is 21.3 Å². The highest BCUT2D eigenvalue weighted by Gasteiger charge is 2.05. The molecule has 0 spiro atoms. The molecule has 0 atom stereocenters. The predicted octanol–water partition coefficient (Wildman–Crippen LogP) is 5.36. The lowest BCUT2D eigenvalue weighted by atomic mass is 10.0. The van der Waals surface area contributed by atoms with Gasteiger partial charge in [-0.1, -0.05) is 24.3 Å². The molecule has 0 saturated carbocycles. The zero-order chi connectivity index (χ0) is 22.9. The summed E-state index contributed by atoms with van der Waals surface area (Å²) >= 11 is 0. The van der Waals surface area contributed by atoms with Crippen LogP contribution in [0.1, 0.15) is 11.1 Å². The van der Waals surface area contributed by atoms with Crippen LogP contribution < -0.4 is 21.3 Å². The Kier molecular flexibility index (Phi) is 6.87. The first kappa shape index (κ1) is 21.5. The summed E-state index contributed by atoms with van der Waals surface area (Å²) in [7, 11) is 0. The van der Waals surface area contributed by atoms with Crippen LogP contribution in [-0.2, 0) is 6.42 Å². The fraction of sp³-hybridized carbons (Fsp3) is 0.0400. The van der Waals surface area contributed by atoms with Crippen LogP contribution in [0.5, 0.6) is 0 Å². The van der Waals surface area contributed by atoms with Gasteiger partial charge >= 0.3 is 12.1 Å². The second kappa shape index (κ2) is 10.5. The smallest absolute Gasteiger partial charge is 0.308 e. The fourth-order valence-corrected chi connectivity index (χ4v) is 3.11. The monoisotopic (exact) mass is 438 g/mol. The Labute approximate surface area is 191 Å². The molecule has 0 radical (unpaired) electrons. The summed E-state index contributed by atoms with van der Waals surface area (Å²) in [6.45, 7) is 0. The number of hydrogen-bond acceptors (Lipinski definition) is 4. The first-order valence-electron chi connectivity index (χ1n) is 10.3. The van der Waals surface area contributed by atoms with Gasteiger partial charge in [-0.2, -0.15) is 0 Å². The minimum absolute atomic E-state index is 0.327. The lowest BCUT2D eigenvalue weighted by molar-refractivity contribution is 0.261. The van der Waals surface area contributed by atoms with E-state index in [1.807, 2.05) is 48.5 Å². The predicted molar refractivity (Wildman–Crippen MR) is 129 cm³/mol. The molecular formula is C25H22N6O2. The third kappa shape index (κ3) is 6.63. The van der Waals surface area contributed by atoms with E-state index in [0.29, 0.717) is 22.7 Å². The lowest BCUT2D eigenvalue weighted by Gasteiger charge is -2.09. The molecule has 0 aliphatic heterocycles. The molecule has 4 aromatic rings. The highest BCUT2D eigenvalue weighted by Crippen LogP contribution is 2.17. The highest BCUT2D eigenvalue weighted by atomic mass is 16.2. The van der Waals surface area contributed by atoms with Crippen molar-refractivity contribution in [2.45, 2.75) is 6.42 Å². The summed E-state index contributed by atoms with van der Waals surface area (Å²) in [5.74, 6) is 0. The zero-order valence-corrected chi connectivity index (χ0v) is 17.7. The molecule has 0 saturated heterocycles. The molecule has 33 heavy (non-hydrogen) atoms. The van der Waals surface area contributed by atoms with Crippen LogP contribution in [0.15, 0.2) is 97.6 Å². The van der Waals surface area contributed by atoms with Gasteiger partial charge in [-0.3, -0.25) is 9.97 Å². The maximum absolute atomic E-state index is 12.1.